The van der Waals surface area contributed by atoms with Gasteiger partial charge in [-0.3, -0.25) is 9.69 Å². The number of fused-ring (bicyclic) bond motifs is 1. The molecule has 4 N–H and O–H groups in total. The largest absolute Gasteiger partial charge is 0.492 e. The van der Waals surface area contributed by atoms with Gasteiger partial charge in [0.2, 0.25) is 5.95 Å². The SMILES string of the molecule is NC(=O)c1cn(-c2ccnc(Nc3ccc(OCCN4CCNCC4)cc3)n2)c2ccccc12. The molecule has 0 aliphatic carbocycles. The van der Waals surface area contributed by atoms with Gasteiger partial charge in [0, 0.05) is 56.2 Å². The van der Waals surface area contributed by atoms with E-state index in [9.17, 15) is 4.79 Å². The molecule has 0 atom stereocenters. The van der Waals surface area contributed by atoms with Gasteiger partial charge in [0.15, 0.2) is 0 Å². The molecule has 0 bridgehead atoms. The summed E-state index contributed by atoms with van der Waals surface area (Å²) in [5.74, 6) is 1.43. The summed E-state index contributed by atoms with van der Waals surface area (Å²) in [6.07, 6.45) is 3.39. The van der Waals surface area contributed by atoms with Crippen LogP contribution < -0.4 is 21.1 Å². The summed E-state index contributed by atoms with van der Waals surface area (Å²) in [6.45, 7) is 5.79. The predicted octanol–water partition coefficient (Wildman–Crippen LogP) is 2.55. The van der Waals surface area contributed by atoms with E-state index in [4.69, 9.17) is 10.5 Å². The number of hydrogen-bond acceptors (Lipinski definition) is 7. The van der Waals surface area contributed by atoms with Crippen molar-refractivity contribution in [2.45, 2.75) is 0 Å². The van der Waals surface area contributed by atoms with Crippen LogP contribution in [0, 0.1) is 0 Å². The Morgan fingerprint density at radius 2 is 1.88 bits per heavy atom. The predicted molar refractivity (Wildman–Crippen MR) is 132 cm³/mol. The van der Waals surface area contributed by atoms with Crippen LogP contribution in [-0.4, -0.2) is 64.7 Å². The van der Waals surface area contributed by atoms with Crippen molar-refractivity contribution in [2.75, 3.05) is 44.6 Å². The van der Waals surface area contributed by atoms with Gasteiger partial charge in [0.25, 0.3) is 5.91 Å². The first kappa shape index (κ1) is 21.9. The van der Waals surface area contributed by atoms with Gasteiger partial charge in [-0.05, 0) is 36.4 Å². The third kappa shape index (κ3) is 4.85. The first-order valence-corrected chi connectivity index (χ1v) is 11.3. The van der Waals surface area contributed by atoms with E-state index in [1.54, 1.807) is 18.5 Å². The molecule has 1 aliphatic rings. The van der Waals surface area contributed by atoms with E-state index in [1.807, 2.05) is 53.1 Å². The fourth-order valence-electron chi connectivity index (χ4n) is 4.10. The molecule has 0 saturated carbocycles. The number of hydrogen-bond donors (Lipinski definition) is 3. The molecule has 0 unspecified atom stereocenters. The van der Waals surface area contributed by atoms with E-state index < -0.39 is 5.91 Å². The van der Waals surface area contributed by atoms with E-state index in [1.165, 1.54) is 0 Å². The number of nitrogens with zero attached hydrogens (tertiary/aromatic N) is 4. The lowest BCUT2D eigenvalue weighted by molar-refractivity contribution is 0.100. The molecule has 34 heavy (non-hydrogen) atoms. The maximum absolute atomic E-state index is 11.9. The molecule has 9 nitrogen and oxygen atoms in total. The third-order valence-corrected chi connectivity index (χ3v) is 5.86. The zero-order valence-corrected chi connectivity index (χ0v) is 18.8. The van der Waals surface area contributed by atoms with Crippen LogP contribution in [0.3, 0.4) is 0 Å². The second-order valence-electron chi connectivity index (χ2n) is 8.12. The van der Waals surface area contributed by atoms with E-state index in [0.717, 1.165) is 55.1 Å². The van der Waals surface area contributed by atoms with Crippen molar-refractivity contribution in [3.63, 3.8) is 0 Å². The monoisotopic (exact) mass is 457 g/mol. The van der Waals surface area contributed by atoms with Gasteiger partial charge in [0.1, 0.15) is 18.2 Å². The smallest absolute Gasteiger partial charge is 0.250 e. The van der Waals surface area contributed by atoms with E-state index in [2.05, 4.69) is 25.5 Å². The lowest BCUT2D eigenvalue weighted by Crippen LogP contribution is -2.44. The number of amides is 1. The van der Waals surface area contributed by atoms with Crippen LogP contribution in [0.4, 0.5) is 11.6 Å². The number of carbonyl (C=O) groups is 1. The van der Waals surface area contributed by atoms with Gasteiger partial charge in [0.05, 0.1) is 11.1 Å². The maximum atomic E-state index is 11.9. The molecule has 174 valence electrons. The maximum Gasteiger partial charge on any atom is 0.250 e. The zero-order chi connectivity index (χ0) is 23.3. The molecule has 1 fully saturated rings. The molecule has 9 heteroatoms. The molecule has 5 rings (SSSR count). The van der Waals surface area contributed by atoms with Crippen LogP contribution in [0.25, 0.3) is 16.7 Å². The van der Waals surface area contributed by atoms with Crippen LogP contribution in [0.5, 0.6) is 5.75 Å². The quantitative estimate of drug-likeness (QED) is 0.373. The van der Waals surface area contributed by atoms with Gasteiger partial charge in [-0.1, -0.05) is 18.2 Å². The number of primary amides is 1. The summed E-state index contributed by atoms with van der Waals surface area (Å²) < 4.78 is 7.74. The zero-order valence-electron chi connectivity index (χ0n) is 18.8. The Hall–Kier alpha value is -3.95. The number of carbonyl (C=O) groups excluding carboxylic acids is 1. The highest BCUT2D eigenvalue weighted by atomic mass is 16.5. The highest BCUT2D eigenvalue weighted by molar-refractivity contribution is 6.06. The van der Waals surface area contributed by atoms with Crippen molar-refractivity contribution in [1.82, 2.24) is 24.8 Å². The lowest BCUT2D eigenvalue weighted by atomic mass is 10.2. The molecule has 0 radical (unpaired) electrons. The van der Waals surface area contributed by atoms with Crippen molar-refractivity contribution in [1.29, 1.82) is 0 Å². The summed E-state index contributed by atoms with van der Waals surface area (Å²) in [7, 11) is 0. The van der Waals surface area contributed by atoms with Crippen LogP contribution in [0.2, 0.25) is 0 Å². The normalized spacial score (nSPS) is 14.2. The number of anilines is 2. The molecule has 3 heterocycles. The molecule has 1 amide bonds. The first-order chi connectivity index (χ1) is 16.7. The molecule has 0 spiro atoms. The molecule has 2 aromatic heterocycles. The number of benzene rings is 2. The number of aromatic nitrogens is 3. The number of rotatable bonds is 8. The lowest BCUT2D eigenvalue weighted by Gasteiger charge is -2.26. The topological polar surface area (TPSA) is 110 Å². The van der Waals surface area contributed by atoms with Gasteiger partial charge in [-0.2, -0.15) is 4.98 Å². The van der Waals surface area contributed by atoms with Crippen molar-refractivity contribution >= 4 is 28.4 Å². The number of piperazine rings is 1. The van der Waals surface area contributed by atoms with Gasteiger partial charge >= 0.3 is 0 Å². The van der Waals surface area contributed by atoms with Crippen molar-refractivity contribution in [2.24, 2.45) is 5.73 Å². The second kappa shape index (κ2) is 9.90. The number of nitrogens with two attached hydrogens (primary N) is 1. The molecular formula is C25H27N7O2. The Morgan fingerprint density at radius 1 is 1.09 bits per heavy atom. The van der Waals surface area contributed by atoms with Crippen molar-refractivity contribution in [3.05, 3.63) is 72.6 Å². The van der Waals surface area contributed by atoms with Crippen molar-refractivity contribution < 1.29 is 9.53 Å². The number of ether oxygens (including phenoxy) is 1. The molecule has 1 saturated heterocycles. The minimum Gasteiger partial charge on any atom is -0.492 e. The first-order valence-electron chi connectivity index (χ1n) is 11.3. The summed E-state index contributed by atoms with van der Waals surface area (Å²) in [4.78, 5) is 23.3. The minimum absolute atomic E-state index is 0.447. The molecule has 4 aromatic rings. The highest BCUT2D eigenvalue weighted by Gasteiger charge is 2.14. The third-order valence-electron chi connectivity index (χ3n) is 5.86. The Labute approximate surface area is 197 Å². The molecule has 1 aliphatic heterocycles. The van der Waals surface area contributed by atoms with Crippen LogP contribution >= 0.6 is 0 Å². The van der Waals surface area contributed by atoms with Crippen LogP contribution in [0.1, 0.15) is 10.4 Å². The highest BCUT2D eigenvalue weighted by Crippen LogP contribution is 2.25. The number of nitrogens with one attached hydrogen (secondary N) is 2. The summed E-state index contributed by atoms with van der Waals surface area (Å²) >= 11 is 0. The number of para-hydroxylation sites is 1. The summed E-state index contributed by atoms with van der Waals surface area (Å²) in [5, 5.41) is 7.37. The Bertz CT molecular complexity index is 1280. The molecule has 2 aromatic carbocycles. The Kier molecular flexibility index (Phi) is 6.37. The van der Waals surface area contributed by atoms with Crippen molar-refractivity contribution in [3.8, 4) is 11.6 Å². The van der Waals surface area contributed by atoms with E-state index in [-0.39, 0.29) is 0 Å². The Morgan fingerprint density at radius 3 is 2.68 bits per heavy atom. The summed E-state index contributed by atoms with van der Waals surface area (Å²) in [6, 6.07) is 17.1. The summed E-state index contributed by atoms with van der Waals surface area (Å²) in [5.41, 5.74) is 7.73. The standard InChI is InChI=1S/C25H27N7O2/c26-24(33)21-17-32(22-4-2-1-3-20(21)22)23-9-10-28-25(30-23)29-18-5-7-19(8-6-18)34-16-15-31-13-11-27-12-14-31/h1-10,17,27H,11-16H2,(H2,26,33)(H,28,29,30). The van der Waals surface area contributed by atoms with Crippen LogP contribution in [-0.2, 0) is 0 Å². The molecular weight excluding hydrogens is 430 g/mol. The van der Waals surface area contributed by atoms with Gasteiger partial charge in [-0.15, -0.1) is 0 Å². The van der Waals surface area contributed by atoms with E-state index in [0.29, 0.717) is 23.9 Å². The van der Waals surface area contributed by atoms with Gasteiger partial charge in [-0.25, -0.2) is 4.98 Å². The second-order valence-corrected chi connectivity index (χ2v) is 8.12. The average molecular weight is 458 g/mol. The fourth-order valence-corrected chi connectivity index (χ4v) is 4.10. The fraction of sp³-hybridized carbons (Fsp3) is 0.240. The average Bonchev–Trinajstić information content (AvgIpc) is 3.26. The van der Waals surface area contributed by atoms with E-state index >= 15 is 0 Å². The van der Waals surface area contributed by atoms with Gasteiger partial charge < -0.3 is 25.7 Å². The van der Waals surface area contributed by atoms with Crippen LogP contribution in [0.15, 0.2) is 67.0 Å². The minimum atomic E-state index is -0.474. The Balaban J connectivity index is 1.26.